The molecule has 0 fully saturated rings. The summed E-state index contributed by atoms with van der Waals surface area (Å²) in [5, 5.41) is 0. The summed E-state index contributed by atoms with van der Waals surface area (Å²) in [4.78, 5) is 52.1. The van der Waals surface area contributed by atoms with E-state index in [9.17, 15) is 19.2 Å². The maximum Gasteiger partial charge on any atom is 0.338 e. The molecule has 7 heteroatoms. The second kappa shape index (κ2) is 9.18. The van der Waals surface area contributed by atoms with E-state index >= 15 is 0 Å². The molecule has 0 spiro atoms. The summed E-state index contributed by atoms with van der Waals surface area (Å²) in [5.41, 5.74) is 3.76. The fraction of sp³-hybridized carbons (Fsp3) is 0.214. The minimum absolute atomic E-state index is 0.0974. The van der Waals surface area contributed by atoms with Gasteiger partial charge in [0.05, 0.1) is 29.0 Å². The Morgan fingerprint density at radius 1 is 0.829 bits per heavy atom. The van der Waals surface area contributed by atoms with Gasteiger partial charge in [-0.1, -0.05) is 12.1 Å². The fourth-order valence-corrected chi connectivity index (χ4v) is 4.50. The number of nitrogens with zero attached hydrogens (tertiary/aromatic N) is 1. The molecular weight excluding hydrogens is 446 g/mol. The number of rotatable bonds is 7. The first-order valence-electron chi connectivity index (χ1n) is 11.5. The number of amides is 2. The quantitative estimate of drug-likeness (QED) is 0.289. The van der Waals surface area contributed by atoms with Gasteiger partial charge in [-0.2, -0.15) is 0 Å². The van der Waals surface area contributed by atoms with Crippen molar-refractivity contribution in [1.29, 1.82) is 0 Å². The lowest BCUT2D eigenvalue weighted by Gasteiger charge is -2.14. The van der Waals surface area contributed by atoms with Crippen LogP contribution in [0, 0.1) is 0 Å². The molecular formula is C28H23NO6. The molecule has 1 aliphatic carbocycles. The third kappa shape index (κ3) is 4.21. The lowest BCUT2D eigenvalue weighted by Crippen LogP contribution is -2.29. The zero-order chi connectivity index (χ0) is 24.5. The van der Waals surface area contributed by atoms with Gasteiger partial charge in [-0.15, -0.1) is 0 Å². The van der Waals surface area contributed by atoms with E-state index in [-0.39, 0.29) is 22.5 Å². The molecule has 1 heterocycles. The van der Waals surface area contributed by atoms with E-state index in [0.29, 0.717) is 23.6 Å². The first-order chi connectivity index (χ1) is 17.0. The number of ether oxygens (including phenoxy) is 2. The number of benzene rings is 3. The summed E-state index contributed by atoms with van der Waals surface area (Å²) in [6.07, 6.45) is 3.05. The Balaban J connectivity index is 1.28. The van der Waals surface area contributed by atoms with E-state index in [2.05, 4.69) is 0 Å². The zero-order valence-corrected chi connectivity index (χ0v) is 19.2. The van der Waals surface area contributed by atoms with Crippen LogP contribution in [0.25, 0.3) is 0 Å². The first-order valence-corrected chi connectivity index (χ1v) is 11.5. The SMILES string of the molecule is CCOc1ccc(N2C(=O)c3ccc(C(=O)OCC(=O)c4ccc5c(c4)CCC5)cc3C2=O)cc1. The van der Waals surface area contributed by atoms with Crippen LogP contribution >= 0.6 is 0 Å². The lowest BCUT2D eigenvalue weighted by atomic mass is 10.0. The minimum atomic E-state index is -0.734. The molecule has 0 saturated carbocycles. The number of aryl methyl sites for hydroxylation is 2. The molecule has 5 rings (SSSR count). The third-order valence-electron chi connectivity index (χ3n) is 6.28. The van der Waals surface area contributed by atoms with Gasteiger partial charge in [0.1, 0.15) is 5.75 Å². The van der Waals surface area contributed by atoms with E-state index in [0.717, 1.165) is 24.2 Å². The number of hydrogen-bond acceptors (Lipinski definition) is 6. The van der Waals surface area contributed by atoms with Gasteiger partial charge in [0.2, 0.25) is 0 Å². The Morgan fingerprint density at radius 3 is 2.31 bits per heavy atom. The second-order valence-electron chi connectivity index (χ2n) is 8.47. The van der Waals surface area contributed by atoms with Crippen LogP contribution in [0.5, 0.6) is 5.75 Å². The highest BCUT2D eigenvalue weighted by atomic mass is 16.5. The molecule has 0 bridgehead atoms. The zero-order valence-electron chi connectivity index (χ0n) is 19.2. The molecule has 3 aromatic rings. The van der Waals surface area contributed by atoms with Crippen molar-refractivity contribution < 1.29 is 28.7 Å². The molecule has 0 saturated heterocycles. The molecule has 176 valence electrons. The van der Waals surface area contributed by atoms with Crippen molar-refractivity contribution in [2.24, 2.45) is 0 Å². The molecule has 0 atom stereocenters. The van der Waals surface area contributed by atoms with Gasteiger partial charge in [-0.05, 0) is 85.8 Å². The summed E-state index contributed by atoms with van der Waals surface area (Å²) in [7, 11) is 0. The number of carbonyl (C=O) groups excluding carboxylic acids is 4. The highest BCUT2D eigenvalue weighted by Crippen LogP contribution is 2.30. The number of Topliss-reactive ketones (excluding diaryl/α,β-unsaturated/α-hetero) is 1. The van der Waals surface area contributed by atoms with E-state index in [1.54, 1.807) is 30.3 Å². The number of esters is 1. The topological polar surface area (TPSA) is 90.0 Å². The number of imide groups is 1. The Morgan fingerprint density at radius 2 is 1.54 bits per heavy atom. The van der Waals surface area contributed by atoms with Crippen LogP contribution in [-0.2, 0) is 17.6 Å². The van der Waals surface area contributed by atoms with Crippen LogP contribution in [0.3, 0.4) is 0 Å². The molecule has 0 unspecified atom stereocenters. The summed E-state index contributed by atoms with van der Waals surface area (Å²) in [6, 6.07) is 16.4. The molecule has 35 heavy (non-hydrogen) atoms. The number of fused-ring (bicyclic) bond motifs is 2. The molecule has 0 aromatic heterocycles. The number of anilines is 1. The van der Waals surface area contributed by atoms with Gasteiger partial charge in [-0.25, -0.2) is 9.69 Å². The van der Waals surface area contributed by atoms with Crippen molar-refractivity contribution in [2.75, 3.05) is 18.1 Å². The van der Waals surface area contributed by atoms with E-state index in [4.69, 9.17) is 9.47 Å². The van der Waals surface area contributed by atoms with Crippen molar-refractivity contribution in [2.45, 2.75) is 26.2 Å². The lowest BCUT2D eigenvalue weighted by molar-refractivity contribution is 0.0474. The Bertz CT molecular complexity index is 1360. The summed E-state index contributed by atoms with van der Waals surface area (Å²) in [6.45, 7) is 1.97. The van der Waals surface area contributed by atoms with Gasteiger partial charge < -0.3 is 9.47 Å². The highest BCUT2D eigenvalue weighted by molar-refractivity contribution is 6.34. The summed E-state index contributed by atoms with van der Waals surface area (Å²) < 4.78 is 10.6. The Hall–Kier alpha value is -4.26. The summed E-state index contributed by atoms with van der Waals surface area (Å²) in [5.74, 6) is -1.39. The van der Waals surface area contributed by atoms with Gasteiger partial charge in [0, 0.05) is 5.56 Å². The minimum Gasteiger partial charge on any atom is -0.494 e. The molecule has 3 aromatic carbocycles. The van der Waals surface area contributed by atoms with Gasteiger partial charge in [-0.3, -0.25) is 14.4 Å². The van der Waals surface area contributed by atoms with E-state index in [1.807, 2.05) is 19.1 Å². The van der Waals surface area contributed by atoms with Crippen LogP contribution in [0.1, 0.15) is 65.9 Å². The predicted molar refractivity (Wildman–Crippen MR) is 128 cm³/mol. The van der Waals surface area contributed by atoms with Crippen LogP contribution in [-0.4, -0.2) is 36.8 Å². The summed E-state index contributed by atoms with van der Waals surface area (Å²) >= 11 is 0. The Kier molecular flexibility index (Phi) is 5.91. The van der Waals surface area contributed by atoms with Crippen LogP contribution in [0.4, 0.5) is 5.69 Å². The van der Waals surface area contributed by atoms with Gasteiger partial charge >= 0.3 is 5.97 Å². The maximum atomic E-state index is 13.0. The smallest absolute Gasteiger partial charge is 0.338 e. The molecule has 0 radical (unpaired) electrons. The van der Waals surface area contributed by atoms with Crippen LogP contribution in [0.2, 0.25) is 0 Å². The molecule has 2 aliphatic rings. The standard InChI is InChI=1S/C28H23NO6/c1-2-34-22-11-9-21(10-12-22)29-26(31)23-13-8-20(15-24(23)27(29)32)28(33)35-16-25(30)19-7-6-17-4-3-5-18(17)14-19/h6-15H,2-5,16H2,1H3. The third-order valence-corrected chi connectivity index (χ3v) is 6.28. The largest absolute Gasteiger partial charge is 0.494 e. The van der Waals surface area contributed by atoms with Crippen molar-refractivity contribution in [1.82, 2.24) is 0 Å². The normalized spacial score (nSPS) is 14.0. The van der Waals surface area contributed by atoms with E-state index in [1.165, 1.54) is 29.3 Å². The maximum absolute atomic E-state index is 13.0. The predicted octanol–water partition coefficient (Wildman–Crippen LogP) is 4.41. The molecule has 2 amide bonds. The van der Waals surface area contributed by atoms with Gasteiger partial charge in [0.25, 0.3) is 11.8 Å². The van der Waals surface area contributed by atoms with E-state index < -0.39 is 24.4 Å². The van der Waals surface area contributed by atoms with Crippen molar-refractivity contribution in [3.63, 3.8) is 0 Å². The highest BCUT2D eigenvalue weighted by Gasteiger charge is 2.37. The Labute approximate surface area is 202 Å². The van der Waals surface area contributed by atoms with Crippen molar-refractivity contribution in [3.05, 3.63) is 94.0 Å². The monoisotopic (exact) mass is 469 g/mol. The van der Waals surface area contributed by atoms with Gasteiger partial charge in [0.15, 0.2) is 12.4 Å². The van der Waals surface area contributed by atoms with Crippen molar-refractivity contribution >= 4 is 29.3 Å². The van der Waals surface area contributed by atoms with Crippen LogP contribution < -0.4 is 9.64 Å². The average Bonchev–Trinajstić information content (AvgIpc) is 3.44. The second-order valence-corrected chi connectivity index (χ2v) is 8.47. The number of ketones is 1. The number of carbonyl (C=O) groups is 4. The average molecular weight is 469 g/mol. The van der Waals surface area contributed by atoms with Crippen LogP contribution in [0.15, 0.2) is 60.7 Å². The first kappa shape index (κ1) is 22.5. The fourth-order valence-electron chi connectivity index (χ4n) is 4.50. The number of hydrogen-bond donors (Lipinski definition) is 0. The molecule has 1 aliphatic heterocycles. The molecule has 0 N–H and O–H groups in total. The molecule has 7 nitrogen and oxygen atoms in total. The van der Waals surface area contributed by atoms with Crippen molar-refractivity contribution in [3.8, 4) is 5.75 Å².